The number of benzene rings is 2. The van der Waals surface area contributed by atoms with Crippen LogP contribution in [0.25, 0.3) is 0 Å². The molecule has 5 amide bonds. The zero-order valence-corrected chi connectivity index (χ0v) is 54.9. The Morgan fingerprint density at radius 2 is 1.57 bits per heavy atom. The molecule has 492 valence electrons. The van der Waals surface area contributed by atoms with Crippen LogP contribution < -0.4 is 31.7 Å². The number of nitrogens with zero attached hydrogens (tertiary/aromatic N) is 6. The van der Waals surface area contributed by atoms with Crippen molar-refractivity contribution in [3.63, 3.8) is 0 Å². The fraction of sp³-hybridized carbons (Fsp3) is 0.597. The van der Waals surface area contributed by atoms with Crippen molar-refractivity contribution in [2.24, 2.45) is 28.7 Å². The Labute approximate surface area is 535 Å². The molecule has 23 heteroatoms. The number of amides is 5. The molecular formula is C67H97N11O11S. The third-order valence-corrected chi connectivity index (χ3v) is 17.5. The standard InChI is InChI=1S/C67H97N11O11S/c1-9-30-78(65(84)51(45(6)11-3)38-56(79)54-20-15-16-31-77(54)8)55(44(4)5)39-58(87-32-10-2)64-74-53(43-90-64)62(83)73-50(37-47-18-13-12-14-19-47)36-46(7)57(80)41-72-67(85)88-35-34-86-33-29-69-59(81)21-17-22-60(82)71-40-48-23-25-49(26-24-48)42-89-63-61-52(27-28-70-61)75-66(68)76-63/h12-14,18-19,23-26,28,43-46,50-51,54-55,58H,9-11,15-17,20-22,27,29-42H2,1-8H3,(H,69,81)(H,71,82)(H,72,85)(H,73,83)(H2,68,75,76)/t45-,46-,50+,51-,54+,55+,58+/m0/s1. The fourth-order valence-electron chi connectivity index (χ4n) is 11.2. The lowest BCUT2D eigenvalue weighted by atomic mass is 9.82. The van der Waals surface area contributed by atoms with Crippen LogP contribution in [0.15, 0.2) is 65.0 Å². The number of rotatable bonds is 40. The monoisotopic (exact) mass is 1260 g/mol. The number of hydrogen-bond donors (Lipinski definition) is 5. The first-order chi connectivity index (χ1) is 43.4. The maximum absolute atomic E-state index is 14.9. The molecule has 7 atom stereocenters. The van der Waals surface area contributed by atoms with E-state index in [0.717, 1.165) is 67.5 Å². The minimum atomic E-state index is -0.788. The van der Waals surface area contributed by atoms with Crippen LogP contribution in [0.5, 0.6) is 5.88 Å². The van der Waals surface area contributed by atoms with E-state index in [4.69, 9.17) is 29.7 Å². The molecular weight excluding hydrogens is 1170 g/mol. The number of carbonyl (C=O) groups excluding carboxylic acids is 7. The first kappa shape index (κ1) is 71.9. The highest BCUT2D eigenvalue weighted by Gasteiger charge is 2.39. The van der Waals surface area contributed by atoms with Crippen molar-refractivity contribution in [1.82, 2.24) is 46.0 Å². The lowest BCUT2D eigenvalue weighted by molar-refractivity contribution is -0.145. The van der Waals surface area contributed by atoms with Crippen LogP contribution in [0.2, 0.25) is 0 Å². The van der Waals surface area contributed by atoms with Crippen LogP contribution in [0.3, 0.4) is 0 Å². The number of fused-ring (bicyclic) bond motifs is 1. The smallest absolute Gasteiger partial charge is 0.407 e. The number of aliphatic imine (C=N–C) groups is 1. The number of alkyl carbamates (subject to hydrolysis) is 1. The molecule has 0 aliphatic carbocycles. The maximum Gasteiger partial charge on any atom is 0.407 e. The number of likely N-dealkylation sites (tertiary alicyclic amines) is 1. The number of ether oxygens (including phenoxy) is 4. The highest BCUT2D eigenvalue weighted by atomic mass is 32.1. The Bertz CT molecular complexity index is 2960. The van der Waals surface area contributed by atoms with Gasteiger partial charge in [-0.3, -0.25) is 38.7 Å². The van der Waals surface area contributed by atoms with Crippen LogP contribution in [0.1, 0.15) is 170 Å². The van der Waals surface area contributed by atoms with E-state index in [1.54, 1.807) is 18.5 Å². The zero-order valence-electron chi connectivity index (χ0n) is 54.1. The summed E-state index contributed by atoms with van der Waals surface area (Å²) in [5.74, 6) is -1.32. The van der Waals surface area contributed by atoms with Crippen LogP contribution in [-0.2, 0) is 64.2 Å². The number of nitrogens with two attached hydrogens (primary N) is 1. The molecule has 6 rings (SSSR count). The number of hydrogen-bond acceptors (Lipinski definition) is 18. The number of nitrogens with one attached hydrogen (secondary N) is 4. The fourth-order valence-corrected chi connectivity index (χ4v) is 12.1. The Morgan fingerprint density at radius 3 is 2.28 bits per heavy atom. The average molecular weight is 1260 g/mol. The van der Waals surface area contributed by atoms with Gasteiger partial charge in [-0.2, -0.15) is 4.98 Å². The summed E-state index contributed by atoms with van der Waals surface area (Å²) in [6.45, 7) is 16.8. The van der Waals surface area contributed by atoms with Gasteiger partial charge in [0.2, 0.25) is 29.5 Å². The van der Waals surface area contributed by atoms with Gasteiger partial charge in [0, 0.05) is 93.9 Å². The predicted octanol–water partition coefficient (Wildman–Crippen LogP) is 8.86. The van der Waals surface area contributed by atoms with E-state index < -0.39 is 36.0 Å². The third-order valence-electron chi connectivity index (χ3n) is 16.6. The Hall–Kier alpha value is -7.21. The van der Waals surface area contributed by atoms with Gasteiger partial charge in [-0.15, -0.1) is 11.3 Å². The number of anilines is 1. The summed E-state index contributed by atoms with van der Waals surface area (Å²) in [6.07, 6.45) is 8.36. The van der Waals surface area contributed by atoms with Crippen molar-refractivity contribution in [1.29, 1.82) is 0 Å². The van der Waals surface area contributed by atoms with Crippen LogP contribution in [0.4, 0.5) is 16.4 Å². The van der Waals surface area contributed by atoms with Gasteiger partial charge in [0.25, 0.3) is 5.91 Å². The van der Waals surface area contributed by atoms with Crippen molar-refractivity contribution in [2.45, 2.75) is 176 Å². The van der Waals surface area contributed by atoms with E-state index in [-0.39, 0.29) is 130 Å². The number of ketones is 2. The van der Waals surface area contributed by atoms with Gasteiger partial charge in [0.15, 0.2) is 11.6 Å². The topological polar surface area (TPSA) is 288 Å². The number of thiazole rings is 1. The van der Waals surface area contributed by atoms with Crippen LogP contribution in [0, 0.1) is 23.7 Å². The number of likely N-dealkylation sites (N-methyl/N-ethyl adjacent to an activating group) is 1. The largest absolute Gasteiger partial charge is 0.471 e. The molecule has 0 bridgehead atoms. The quantitative estimate of drug-likeness (QED) is 0.0260. The number of nitrogen functional groups attached to an aromatic ring is 1. The molecule has 1 saturated heterocycles. The molecule has 4 aromatic rings. The van der Waals surface area contributed by atoms with E-state index in [1.165, 1.54) is 11.3 Å². The number of piperidine rings is 1. The summed E-state index contributed by atoms with van der Waals surface area (Å²) in [6, 6.07) is 16.4. The summed E-state index contributed by atoms with van der Waals surface area (Å²) >= 11 is 1.34. The molecule has 22 nitrogen and oxygen atoms in total. The first-order valence-corrected chi connectivity index (χ1v) is 33.1. The molecule has 0 spiro atoms. The molecule has 2 aromatic carbocycles. The van der Waals surface area contributed by atoms with E-state index >= 15 is 0 Å². The molecule has 90 heavy (non-hydrogen) atoms. The van der Waals surface area contributed by atoms with Gasteiger partial charge in [0.05, 0.1) is 31.5 Å². The molecule has 1 fully saturated rings. The highest BCUT2D eigenvalue weighted by molar-refractivity contribution is 7.09. The van der Waals surface area contributed by atoms with Gasteiger partial charge in [0.1, 0.15) is 35.7 Å². The average Bonchev–Trinajstić information content (AvgIpc) is 1.90. The highest BCUT2D eigenvalue weighted by Crippen LogP contribution is 2.35. The lowest BCUT2D eigenvalue weighted by Gasteiger charge is -2.40. The molecule has 2 aliphatic heterocycles. The summed E-state index contributed by atoms with van der Waals surface area (Å²) in [4.78, 5) is 116. The second-order valence-corrected chi connectivity index (χ2v) is 24.9. The van der Waals surface area contributed by atoms with E-state index in [9.17, 15) is 33.6 Å². The van der Waals surface area contributed by atoms with Crippen molar-refractivity contribution in [2.75, 3.05) is 65.4 Å². The summed E-state index contributed by atoms with van der Waals surface area (Å²) in [5.41, 5.74) is 10.1. The van der Waals surface area contributed by atoms with Crippen molar-refractivity contribution in [3.8, 4) is 5.88 Å². The minimum Gasteiger partial charge on any atom is -0.471 e. The van der Waals surface area contributed by atoms with Gasteiger partial charge in [-0.05, 0) is 87.1 Å². The lowest BCUT2D eigenvalue weighted by Crippen LogP contribution is -2.50. The predicted molar refractivity (Wildman–Crippen MR) is 347 cm³/mol. The summed E-state index contributed by atoms with van der Waals surface area (Å²) in [7, 11) is 2.01. The SMILES string of the molecule is CCCO[C@H](C[C@H](C(C)C)N(CCC)C(=O)[C@@H](CC(=O)[C@H]1CCCCN1C)[C@@H](C)CC)c1nc(C(=O)N[C@@H](Cc2ccccc2)C[C@H](C)C(=O)CNC(=O)OCCOCCNC(=O)CCCC(=O)NCc2ccc(COc3nc(N)nc4c3N=CC4)cc2)cs1. The molecule has 2 aliphatic rings. The van der Waals surface area contributed by atoms with Gasteiger partial charge < -0.3 is 50.8 Å². The number of Topliss-reactive ketones (excluding diaryl/α,β-unsaturated/α-hetero) is 2. The molecule has 2 aromatic heterocycles. The summed E-state index contributed by atoms with van der Waals surface area (Å²) in [5, 5.41) is 13.7. The molecule has 0 unspecified atom stereocenters. The van der Waals surface area contributed by atoms with Gasteiger partial charge >= 0.3 is 6.09 Å². The number of aromatic nitrogens is 3. The third kappa shape index (κ3) is 23.2. The van der Waals surface area contributed by atoms with Crippen molar-refractivity contribution < 1.29 is 52.5 Å². The Balaban J connectivity index is 0.897. The van der Waals surface area contributed by atoms with Crippen molar-refractivity contribution in [3.05, 3.63) is 93.1 Å². The second-order valence-electron chi connectivity index (χ2n) is 24.0. The minimum absolute atomic E-state index is 0.0121. The van der Waals surface area contributed by atoms with Gasteiger partial charge in [-0.1, -0.05) is 116 Å². The number of carbonyl (C=O) groups is 7. The zero-order chi connectivity index (χ0) is 65.0. The summed E-state index contributed by atoms with van der Waals surface area (Å²) < 4.78 is 23.1. The van der Waals surface area contributed by atoms with E-state index in [2.05, 4.69) is 75.7 Å². The molecule has 0 radical (unpaired) electrons. The van der Waals surface area contributed by atoms with E-state index in [1.807, 2.05) is 73.5 Å². The Kier molecular flexibility index (Phi) is 30.2. The molecule has 0 saturated carbocycles. The van der Waals surface area contributed by atoms with Gasteiger partial charge in [-0.25, -0.2) is 14.8 Å². The first-order valence-electron chi connectivity index (χ1n) is 32.3. The van der Waals surface area contributed by atoms with Crippen LogP contribution in [-0.4, -0.2) is 150 Å². The molecule has 4 heterocycles. The normalized spacial score (nSPS) is 15.8. The van der Waals surface area contributed by atoms with E-state index in [0.29, 0.717) is 62.0 Å². The Morgan fingerprint density at radius 1 is 0.822 bits per heavy atom. The molecule has 6 N–H and O–H groups in total. The van der Waals surface area contributed by atoms with Crippen molar-refractivity contribution >= 4 is 70.5 Å². The van der Waals surface area contributed by atoms with Crippen LogP contribution >= 0.6 is 11.3 Å². The maximum atomic E-state index is 14.9. The second kappa shape index (κ2) is 37.8.